The van der Waals surface area contributed by atoms with Crippen LogP contribution < -0.4 is 5.73 Å². The first kappa shape index (κ1) is 20.3. The van der Waals surface area contributed by atoms with Crippen LogP contribution in [0.25, 0.3) is 0 Å². The summed E-state index contributed by atoms with van der Waals surface area (Å²) in [7, 11) is -1.54. The van der Waals surface area contributed by atoms with Gasteiger partial charge in [0.15, 0.2) is 0 Å². The molecular formula is C17H24N2O6S. The number of hydrogen-bond donors (Lipinski definition) is 1. The molecule has 1 saturated heterocycles. The molecule has 0 spiro atoms. The molecule has 1 aromatic carbocycles. The maximum absolute atomic E-state index is 13.1. The monoisotopic (exact) mass is 384 g/mol. The van der Waals surface area contributed by atoms with Gasteiger partial charge in [-0.3, -0.25) is 0 Å². The average molecular weight is 384 g/mol. The van der Waals surface area contributed by atoms with Gasteiger partial charge < -0.3 is 15.2 Å². The summed E-state index contributed by atoms with van der Waals surface area (Å²) in [6.45, 7) is 2.52. The zero-order chi connectivity index (χ0) is 19.5. The molecule has 0 aliphatic carbocycles. The fourth-order valence-electron chi connectivity index (χ4n) is 2.99. The number of piperidine rings is 1. The first-order chi connectivity index (χ1) is 12.2. The number of methoxy groups -OCH3 is 2. The van der Waals surface area contributed by atoms with Gasteiger partial charge in [0.25, 0.3) is 0 Å². The smallest absolute Gasteiger partial charge is 0.337 e. The van der Waals surface area contributed by atoms with E-state index in [0.29, 0.717) is 19.5 Å². The number of sulfonamides is 1. The van der Waals surface area contributed by atoms with Gasteiger partial charge >= 0.3 is 11.9 Å². The number of carbonyl (C=O) groups excluding carboxylic acids is 2. The molecule has 0 aromatic heterocycles. The first-order valence-corrected chi connectivity index (χ1v) is 9.72. The summed E-state index contributed by atoms with van der Waals surface area (Å²) in [5.41, 5.74) is 5.87. The van der Waals surface area contributed by atoms with Crippen LogP contribution in [0.15, 0.2) is 23.1 Å². The normalized spacial score (nSPS) is 19.6. The minimum Gasteiger partial charge on any atom is -0.465 e. The highest BCUT2D eigenvalue weighted by atomic mass is 32.2. The molecule has 2 unspecified atom stereocenters. The van der Waals surface area contributed by atoms with Gasteiger partial charge in [-0.05, 0) is 43.9 Å². The predicted octanol–water partition coefficient (Wildman–Crippen LogP) is 1.01. The molecule has 26 heavy (non-hydrogen) atoms. The molecule has 1 fully saturated rings. The largest absolute Gasteiger partial charge is 0.465 e. The average Bonchev–Trinajstić information content (AvgIpc) is 2.66. The summed E-state index contributed by atoms with van der Waals surface area (Å²) in [5, 5.41) is 0. The lowest BCUT2D eigenvalue weighted by molar-refractivity contribution is 0.0598. The Hall–Kier alpha value is -1.97. The number of carbonyl (C=O) groups is 2. The number of nitrogens with two attached hydrogens (primary N) is 1. The molecule has 144 valence electrons. The number of nitrogens with zero attached hydrogens (tertiary/aromatic N) is 1. The molecular weight excluding hydrogens is 360 g/mol. The first-order valence-electron chi connectivity index (χ1n) is 8.28. The molecule has 0 amide bonds. The highest BCUT2D eigenvalue weighted by Crippen LogP contribution is 2.26. The van der Waals surface area contributed by atoms with Crippen LogP contribution >= 0.6 is 0 Å². The van der Waals surface area contributed by atoms with Gasteiger partial charge in [0.05, 0.1) is 30.2 Å². The Morgan fingerprint density at radius 2 is 1.69 bits per heavy atom. The molecule has 2 atom stereocenters. The standard InChI is InChI=1S/C17H24N2O6S/c1-11(18)12-5-4-6-19(10-12)26(22,23)15-8-13(16(20)24-2)7-14(9-15)17(21)25-3/h7-9,11-12H,4-6,10,18H2,1-3H3. The van der Waals surface area contributed by atoms with Crippen molar-refractivity contribution in [1.82, 2.24) is 4.31 Å². The fourth-order valence-corrected chi connectivity index (χ4v) is 4.60. The van der Waals surface area contributed by atoms with Gasteiger partial charge in [0.1, 0.15) is 0 Å². The van der Waals surface area contributed by atoms with Crippen molar-refractivity contribution in [2.75, 3.05) is 27.3 Å². The molecule has 1 aliphatic heterocycles. The molecule has 0 saturated carbocycles. The van der Waals surface area contributed by atoms with Gasteiger partial charge in [-0.2, -0.15) is 4.31 Å². The maximum atomic E-state index is 13.1. The molecule has 0 bridgehead atoms. The summed E-state index contributed by atoms with van der Waals surface area (Å²) in [6, 6.07) is 3.55. The fraction of sp³-hybridized carbons (Fsp3) is 0.529. The summed E-state index contributed by atoms with van der Waals surface area (Å²) >= 11 is 0. The minimum atomic E-state index is -3.89. The van der Waals surface area contributed by atoms with Crippen LogP contribution in [0.4, 0.5) is 0 Å². The Balaban J connectivity index is 2.47. The zero-order valence-electron chi connectivity index (χ0n) is 15.1. The summed E-state index contributed by atoms with van der Waals surface area (Å²) in [6.07, 6.45) is 1.56. The molecule has 0 radical (unpaired) electrons. The Bertz CT molecular complexity index is 756. The van der Waals surface area contributed by atoms with Crippen molar-refractivity contribution in [3.05, 3.63) is 29.3 Å². The second-order valence-electron chi connectivity index (χ2n) is 6.35. The van der Waals surface area contributed by atoms with Crippen LogP contribution in [-0.4, -0.2) is 58.0 Å². The van der Waals surface area contributed by atoms with Crippen molar-refractivity contribution in [2.24, 2.45) is 11.7 Å². The van der Waals surface area contributed by atoms with E-state index in [-0.39, 0.29) is 28.0 Å². The SMILES string of the molecule is COC(=O)c1cc(C(=O)OC)cc(S(=O)(=O)N2CCCC(C(C)N)C2)c1. The lowest BCUT2D eigenvalue weighted by Crippen LogP contribution is -2.45. The molecule has 2 N–H and O–H groups in total. The van der Waals surface area contributed by atoms with E-state index in [4.69, 9.17) is 5.73 Å². The molecule has 9 heteroatoms. The summed E-state index contributed by atoms with van der Waals surface area (Å²) in [4.78, 5) is 23.6. The van der Waals surface area contributed by atoms with E-state index in [1.54, 1.807) is 0 Å². The second-order valence-corrected chi connectivity index (χ2v) is 8.29. The third-order valence-corrected chi connectivity index (χ3v) is 6.39. The van der Waals surface area contributed by atoms with E-state index < -0.39 is 22.0 Å². The van der Waals surface area contributed by atoms with Crippen molar-refractivity contribution < 1.29 is 27.5 Å². The van der Waals surface area contributed by atoms with Crippen LogP contribution in [0.5, 0.6) is 0 Å². The van der Waals surface area contributed by atoms with Crippen molar-refractivity contribution in [3.8, 4) is 0 Å². The lowest BCUT2D eigenvalue weighted by Gasteiger charge is -2.33. The molecule has 8 nitrogen and oxygen atoms in total. The predicted molar refractivity (Wildman–Crippen MR) is 94.3 cm³/mol. The summed E-state index contributed by atoms with van der Waals surface area (Å²) < 4.78 is 36.8. The van der Waals surface area contributed by atoms with Crippen molar-refractivity contribution in [3.63, 3.8) is 0 Å². The third-order valence-electron chi connectivity index (χ3n) is 4.55. The van der Waals surface area contributed by atoms with Gasteiger partial charge in [-0.1, -0.05) is 0 Å². The Labute approximate surface area is 153 Å². The highest BCUT2D eigenvalue weighted by molar-refractivity contribution is 7.89. The van der Waals surface area contributed by atoms with Gasteiger partial charge in [-0.25, -0.2) is 18.0 Å². The van der Waals surface area contributed by atoms with Crippen LogP contribution in [0.1, 0.15) is 40.5 Å². The van der Waals surface area contributed by atoms with Gasteiger partial charge in [-0.15, -0.1) is 0 Å². The van der Waals surface area contributed by atoms with Crippen LogP contribution in [0, 0.1) is 5.92 Å². The highest BCUT2D eigenvalue weighted by Gasteiger charge is 2.32. The topological polar surface area (TPSA) is 116 Å². The number of benzene rings is 1. The van der Waals surface area contributed by atoms with Crippen molar-refractivity contribution in [1.29, 1.82) is 0 Å². The van der Waals surface area contributed by atoms with E-state index in [1.807, 2.05) is 6.92 Å². The van der Waals surface area contributed by atoms with E-state index in [9.17, 15) is 18.0 Å². The third kappa shape index (κ3) is 4.22. The van der Waals surface area contributed by atoms with Crippen molar-refractivity contribution >= 4 is 22.0 Å². The minimum absolute atomic E-state index is 0.0327. The number of esters is 2. The van der Waals surface area contributed by atoms with Crippen molar-refractivity contribution in [2.45, 2.75) is 30.7 Å². The Morgan fingerprint density at radius 1 is 1.15 bits per heavy atom. The zero-order valence-corrected chi connectivity index (χ0v) is 15.9. The maximum Gasteiger partial charge on any atom is 0.337 e. The number of rotatable bonds is 5. The second kappa shape index (κ2) is 8.15. The van der Waals surface area contributed by atoms with Crippen LogP contribution in [0.3, 0.4) is 0 Å². The lowest BCUT2D eigenvalue weighted by atomic mass is 9.93. The molecule has 1 aromatic rings. The Kier molecular flexibility index (Phi) is 6.38. The molecule has 1 heterocycles. The molecule has 2 rings (SSSR count). The molecule has 1 aliphatic rings. The van der Waals surface area contributed by atoms with Gasteiger partial charge in [0, 0.05) is 19.1 Å². The summed E-state index contributed by atoms with van der Waals surface area (Å²) in [5.74, 6) is -1.42. The quantitative estimate of drug-likeness (QED) is 0.753. The Morgan fingerprint density at radius 3 is 2.15 bits per heavy atom. The van der Waals surface area contributed by atoms with E-state index in [1.165, 1.54) is 36.7 Å². The van der Waals surface area contributed by atoms with Gasteiger partial charge in [0.2, 0.25) is 10.0 Å². The van der Waals surface area contributed by atoms with E-state index in [0.717, 1.165) is 6.42 Å². The number of ether oxygens (including phenoxy) is 2. The van der Waals surface area contributed by atoms with Crippen LogP contribution in [0.2, 0.25) is 0 Å². The van der Waals surface area contributed by atoms with E-state index in [2.05, 4.69) is 9.47 Å². The number of hydrogen-bond acceptors (Lipinski definition) is 7. The van der Waals surface area contributed by atoms with Crippen LogP contribution in [-0.2, 0) is 19.5 Å². The van der Waals surface area contributed by atoms with E-state index >= 15 is 0 Å².